The van der Waals surface area contributed by atoms with E-state index in [0.29, 0.717) is 23.7 Å². The summed E-state index contributed by atoms with van der Waals surface area (Å²) in [6.45, 7) is 4.13. The number of carbonyl (C=O) groups is 3. The van der Waals surface area contributed by atoms with Gasteiger partial charge in [-0.05, 0) is 74.3 Å². The molecule has 0 aromatic heterocycles. The molecule has 3 unspecified atom stereocenters. The normalized spacial score (nSPS) is 17.3. The van der Waals surface area contributed by atoms with Crippen LogP contribution in [0.15, 0.2) is 48.5 Å². The molecule has 4 rings (SSSR count). The Morgan fingerprint density at radius 1 is 1.02 bits per heavy atom. The van der Waals surface area contributed by atoms with Crippen LogP contribution in [0.5, 0.6) is 0 Å². The molecule has 3 amide bonds. The highest BCUT2D eigenvalue weighted by molar-refractivity contribution is 7.54. The van der Waals surface area contributed by atoms with E-state index in [9.17, 15) is 29.2 Å². The first-order valence-corrected chi connectivity index (χ1v) is 19.5. The number of halogens is 1. The number of benzene rings is 2. The van der Waals surface area contributed by atoms with Gasteiger partial charge < -0.3 is 29.5 Å². The Hall–Kier alpha value is -2.95. The van der Waals surface area contributed by atoms with Gasteiger partial charge in [0.25, 0.3) is 0 Å². The number of hydrogen-bond acceptors (Lipinski definition) is 7. The number of carbonyl (C=O) groups excluding carboxylic acids is 2. The molecule has 2 aliphatic rings. The number of nitrogens with zero attached hydrogens (tertiary/aromatic N) is 2. The molecule has 49 heavy (non-hydrogen) atoms. The van der Waals surface area contributed by atoms with Gasteiger partial charge in [-0.2, -0.15) is 0 Å². The van der Waals surface area contributed by atoms with Gasteiger partial charge in [-0.3, -0.25) is 19.1 Å². The predicted molar refractivity (Wildman–Crippen MR) is 188 cm³/mol. The number of nitrogens with one attached hydrogen (secondary N) is 1. The topological polar surface area (TPSA) is 146 Å². The molecule has 0 radical (unpaired) electrons. The number of carboxylic acid groups (broad SMARTS) is 1. The Kier molecular flexibility index (Phi) is 15.0. The van der Waals surface area contributed by atoms with Crippen LogP contribution in [-0.4, -0.2) is 75.6 Å². The maximum absolute atomic E-state index is 14.3. The fraction of sp³-hybridized carbons (Fsp3) is 0.583. The van der Waals surface area contributed by atoms with E-state index in [1.807, 2.05) is 18.2 Å². The molecule has 1 heterocycles. The van der Waals surface area contributed by atoms with E-state index < -0.39 is 37.5 Å². The van der Waals surface area contributed by atoms with Crippen molar-refractivity contribution in [2.75, 3.05) is 19.8 Å². The number of fused-ring (bicyclic) bond motifs is 1. The second-order valence-corrected chi connectivity index (χ2v) is 15.5. The summed E-state index contributed by atoms with van der Waals surface area (Å²) in [5.41, 5.74) is 2.90. The minimum Gasteiger partial charge on any atom is -0.465 e. The van der Waals surface area contributed by atoms with Crippen molar-refractivity contribution in [2.45, 2.75) is 109 Å². The van der Waals surface area contributed by atoms with E-state index in [4.69, 9.17) is 20.6 Å². The molecule has 1 fully saturated rings. The molecule has 0 saturated heterocycles. The molecule has 0 bridgehead atoms. The molecule has 3 atom stereocenters. The minimum atomic E-state index is -4.16. The number of aliphatic hydroxyl groups is 1. The van der Waals surface area contributed by atoms with E-state index in [2.05, 4.69) is 11.4 Å². The summed E-state index contributed by atoms with van der Waals surface area (Å²) < 4.78 is 24.7. The predicted octanol–water partition coefficient (Wildman–Crippen LogP) is 6.98. The summed E-state index contributed by atoms with van der Waals surface area (Å²) in [5, 5.41) is 25.2. The third-order valence-electron chi connectivity index (χ3n) is 9.45. The third kappa shape index (κ3) is 11.0. The van der Waals surface area contributed by atoms with Crippen molar-refractivity contribution in [1.29, 1.82) is 0 Å². The lowest BCUT2D eigenvalue weighted by molar-refractivity contribution is -0.133. The molecule has 11 nitrogen and oxygen atoms in total. The summed E-state index contributed by atoms with van der Waals surface area (Å²) in [6.07, 6.45) is 5.38. The van der Waals surface area contributed by atoms with Crippen molar-refractivity contribution < 1.29 is 38.2 Å². The van der Waals surface area contributed by atoms with Gasteiger partial charge in [-0.1, -0.05) is 80.1 Å². The lowest BCUT2D eigenvalue weighted by Crippen LogP contribution is -2.54. The molecular formula is C36H51ClN3O8P. The molecule has 2 aromatic carbocycles. The SMILES string of the molecule is CCOP(=O)(OCC)C(O)C(CCC(=O)N1CCCc2ccccc2C1)NC(=O)C(CC1CCCCC1)N(Cc1cccc(Cl)c1)C(=O)O. The Morgan fingerprint density at radius 2 is 1.71 bits per heavy atom. The van der Waals surface area contributed by atoms with Gasteiger partial charge in [0.2, 0.25) is 11.8 Å². The number of amides is 3. The Labute approximate surface area is 294 Å². The summed E-state index contributed by atoms with van der Waals surface area (Å²) in [5.74, 6) is -2.48. The molecule has 0 spiro atoms. The third-order valence-corrected chi connectivity index (χ3v) is 11.9. The standard InChI is InChI=1S/C36H51ClN3O8P/c1-3-47-49(46,48-4-2)35(43)31(19-20-33(41)39-21-11-17-28-15-8-9-16-29(28)25-39)38-34(42)32(23-26-12-6-5-7-13-26)40(36(44)45)24-27-14-10-18-30(37)22-27/h8-10,14-16,18,22,26,31-32,35,43H,3-7,11-13,17,19-21,23-25H2,1-2H3,(H,38,42)(H,44,45). The van der Waals surface area contributed by atoms with Crippen molar-refractivity contribution in [3.05, 3.63) is 70.2 Å². The van der Waals surface area contributed by atoms with Crippen LogP contribution in [0.4, 0.5) is 4.79 Å². The van der Waals surface area contributed by atoms with Crippen molar-refractivity contribution in [3.8, 4) is 0 Å². The number of rotatable bonds is 16. The summed E-state index contributed by atoms with van der Waals surface area (Å²) >= 11 is 6.20. The fourth-order valence-electron chi connectivity index (χ4n) is 6.95. The molecule has 1 saturated carbocycles. The highest BCUT2D eigenvalue weighted by atomic mass is 35.5. The van der Waals surface area contributed by atoms with Crippen molar-refractivity contribution in [3.63, 3.8) is 0 Å². The summed E-state index contributed by atoms with van der Waals surface area (Å²) in [4.78, 5) is 43.5. The largest absolute Gasteiger partial charge is 0.465 e. The maximum Gasteiger partial charge on any atom is 0.408 e. The first-order valence-electron chi connectivity index (χ1n) is 17.5. The lowest BCUT2D eigenvalue weighted by atomic mass is 9.84. The van der Waals surface area contributed by atoms with Crippen LogP contribution in [0.25, 0.3) is 0 Å². The van der Waals surface area contributed by atoms with Crippen molar-refractivity contribution >= 4 is 37.1 Å². The number of hydrogen-bond donors (Lipinski definition) is 3. The average Bonchev–Trinajstić information content (AvgIpc) is 3.31. The quantitative estimate of drug-likeness (QED) is 0.158. The molecule has 3 N–H and O–H groups in total. The number of aliphatic hydroxyl groups excluding tert-OH is 1. The van der Waals surface area contributed by atoms with Gasteiger partial charge in [0, 0.05) is 31.1 Å². The molecule has 1 aliphatic carbocycles. The van der Waals surface area contributed by atoms with E-state index in [0.717, 1.165) is 55.4 Å². The zero-order chi connectivity index (χ0) is 35.4. The van der Waals surface area contributed by atoms with E-state index in [1.165, 1.54) is 5.56 Å². The zero-order valence-corrected chi connectivity index (χ0v) is 30.2. The monoisotopic (exact) mass is 719 g/mol. The molecule has 13 heteroatoms. The minimum absolute atomic E-state index is 0.0160. The van der Waals surface area contributed by atoms with E-state index in [-0.39, 0.29) is 50.8 Å². The van der Waals surface area contributed by atoms with Crippen LogP contribution < -0.4 is 5.32 Å². The maximum atomic E-state index is 14.3. The van der Waals surface area contributed by atoms with Crippen LogP contribution in [-0.2, 0) is 42.7 Å². The molecule has 270 valence electrons. The molecular weight excluding hydrogens is 669 g/mol. The second kappa shape index (κ2) is 18.9. The zero-order valence-electron chi connectivity index (χ0n) is 28.6. The van der Waals surface area contributed by atoms with E-state index >= 15 is 0 Å². The molecule has 2 aromatic rings. The molecule has 1 aliphatic heterocycles. The van der Waals surface area contributed by atoms with Gasteiger partial charge >= 0.3 is 13.7 Å². The lowest BCUT2D eigenvalue weighted by Gasteiger charge is -2.35. The van der Waals surface area contributed by atoms with Gasteiger partial charge in [0.1, 0.15) is 6.04 Å². The highest BCUT2D eigenvalue weighted by Crippen LogP contribution is 2.53. The Balaban J connectivity index is 1.60. The van der Waals surface area contributed by atoms with E-state index in [1.54, 1.807) is 43.0 Å². The van der Waals surface area contributed by atoms with Crippen LogP contribution in [0.2, 0.25) is 5.02 Å². The van der Waals surface area contributed by atoms with Crippen LogP contribution in [0.1, 0.15) is 88.3 Å². The first kappa shape index (κ1) is 38.8. The van der Waals surface area contributed by atoms with Gasteiger partial charge in [0.15, 0.2) is 5.85 Å². The second-order valence-electron chi connectivity index (χ2n) is 12.9. The van der Waals surface area contributed by atoms with Crippen molar-refractivity contribution in [2.24, 2.45) is 5.92 Å². The van der Waals surface area contributed by atoms with Crippen LogP contribution in [0, 0.1) is 5.92 Å². The smallest absolute Gasteiger partial charge is 0.408 e. The fourth-order valence-corrected chi connectivity index (χ4v) is 8.93. The summed E-state index contributed by atoms with van der Waals surface area (Å²) in [7, 11) is -4.16. The van der Waals surface area contributed by atoms with Crippen molar-refractivity contribution in [1.82, 2.24) is 15.1 Å². The van der Waals surface area contributed by atoms with Gasteiger partial charge in [-0.15, -0.1) is 0 Å². The van der Waals surface area contributed by atoms with Gasteiger partial charge in [-0.25, -0.2) is 4.79 Å². The van der Waals surface area contributed by atoms with Gasteiger partial charge in [0.05, 0.1) is 19.3 Å². The van der Waals surface area contributed by atoms with Crippen LogP contribution in [0.3, 0.4) is 0 Å². The Bertz CT molecular complexity index is 1440. The number of aryl methyl sites for hydroxylation is 1. The Morgan fingerprint density at radius 3 is 2.37 bits per heavy atom. The average molecular weight is 720 g/mol. The first-order chi connectivity index (χ1) is 23.5. The van der Waals surface area contributed by atoms with Crippen LogP contribution >= 0.6 is 19.2 Å². The summed E-state index contributed by atoms with van der Waals surface area (Å²) in [6, 6.07) is 12.5. The highest BCUT2D eigenvalue weighted by Gasteiger charge is 2.43.